The number of carbonyl (C=O) groups is 1. The molecule has 0 aliphatic heterocycles. The minimum atomic E-state index is -0.240. The minimum Gasteiger partial charge on any atom is -0.321 e. The largest absolute Gasteiger partial charge is 0.321 e. The highest BCUT2D eigenvalue weighted by Crippen LogP contribution is 2.27. The molecule has 0 bridgehead atoms. The number of H-pyrrole nitrogens is 1. The number of aryl methyl sites for hydroxylation is 1. The Morgan fingerprint density at radius 1 is 1.41 bits per heavy atom. The zero-order chi connectivity index (χ0) is 15.9. The highest BCUT2D eigenvalue weighted by Gasteiger charge is 2.19. The van der Waals surface area contributed by atoms with E-state index in [0.29, 0.717) is 5.69 Å². The number of nitrogens with zero attached hydrogens (tertiary/aromatic N) is 2. The van der Waals surface area contributed by atoms with Crippen LogP contribution >= 0.6 is 27.3 Å². The summed E-state index contributed by atoms with van der Waals surface area (Å²) in [7, 11) is 0. The molecule has 7 heteroatoms. The first-order chi connectivity index (χ1) is 10.5. The van der Waals surface area contributed by atoms with E-state index in [9.17, 15) is 4.79 Å². The number of carbonyl (C=O) groups excluding carboxylic acids is 1. The predicted molar refractivity (Wildman–Crippen MR) is 92.7 cm³/mol. The summed E-state index contributed by atoms with van der Waals surface area (Å²) in [4.78, 5) is 16.8. The molecule has 0 saturated heterocycles. The Labute approximate surface area is 140 Å². The van der Waals surface area contributed by atoms with Crippen LogP contribution in [0.3, 0.4) is 0 Å². The Morgan fingerprint density at radius 3 is 2.86 bits per heavy atom. The maximum absolute atomic E-state index is 12.4. The Kier molecular flexibility index (Phi) is 4.01. The third-order valence-electron chi connectivity index (χ3n) is 3.28. The molecule has 2 heterocycles. The number of aromatic amines is 1. The lowest BCUT2D eigenvalue weighted by atomic mass is 10.1. The van der Waals surface area contributed by atoms with Crippen molar-refractivity contribution in [1.82, 2.24) is 15.2 Å². The average molecular weight is 379 g/mol. The molecule has 2 aromatic heterocycles. The Bertz CT molecular complexity index is 852. The van der Waals surface area contributed by atoms with Gasteiger partial charge >= 0.3 is 0 Å². The SMILES string of the molecule is Cc1nc2ccc(NC(=O)c3n[nH]c(C(C)C)c3Br)cc2s1. The molecule has 0 aliphatic carbocycles. The van der Waals surface area contributed by atoms with Gasteiger partial charge < -0.3 is 5.32 Å². The zero-order valence-corrected chi connectivity index (χ0v) is 14.8. The number of amides is 1. The summed E-state index contributed by atoms with van der Waals surface area (Å²) in [5, 5.41) is 10.9. The number of benzene rings is 1. The topological polar surface area (TPSA) is 70.7 Å². The number of hydrogen-bond donors (Lipinski definition) is 2. The van der Waals surface area contributed by atoms with Gasteiger partial charge in [-0.1, -0.05) is 13.8 Å². The van der Waals surface area contributed by atoms with Crippen molar-refractivity contribution in [3.8, 4) is 0 Å². The molecule has 0 spiro atoms. The molecule has 0 atom stereocenters. The van der Waals surface area contributed by atoms with Crippen molar-refractivity contribution in [2.75, 3.05) is 5.32 Å². The van der Waals surface area contributed by atoms with Crippen molar-refractivity contribution in [2.24, 2.45) is 0 Å². The van der Waals surface area contributed by atoms with Gasteiger partial charge in [0.05, 0.1) is 25.4 Å². The normalized spacial score (nSPS) is 11.3. The van der Waals surface area contributed by atoms with Gasteiger partial charge in [-0.05, 0) is 47.0 Å². The molecule has 0 saturated carbocycles. The fourth-order valence-electron chi connectivity index (χ4n) is 2.18. The number of aromatic nitrogens is 3. The van der Waals surface area contributed by atoms with Crippen LogP contribution in [-0.4, -0.2) is 21.1 Å². The van der Waals surface area contributed by atoms with Crippen molar-refractivity contribution in [1.29, 1.82) is 0 Å². The number of fused-ring (bicyclic) bond motifs is 1. The second-order valence-electron chi connectivity index (χ2n) is 5.32. The summed E-state index contributed by atoms with van der Waals surface area (Å²) >= 11 is 5.05. The molecule has 1 aromatic carbocycles. The van der Waals surface area contributed by atoms with E-state index in [1.54, 1.807) is 11.3 Å². The molecule has 0 radical (unpaired) electrons. The summed E-state index contributed by atoms with van der Waals surface area (Å²) in [6.45, 7) is 6.05. The van der Waals surface area contributed by atoms with Crippen molar-refractivity contribution in [2.45, 2.75) is 26.7 Å². The first-order valence-electron chi connectivity index (χ1n) is 6.88. The van der Waals surface area contributed by atoms with Crippen molar-refractivity contribution in [3.05, 3.63) is 39.1 Å². The van der Waals surface area contributed by atoms with E-state index >= 15 is 0 Å². The lowest BCUT2D eigenvalue weighted by molar-refractivity contribution is 0.102. The summed E-state index contributed by atoms with van der Waals surface area (Å²) in [6, 6.07) is 5.69. The van der Waals surface area contributed by atoms with E-state index in [-0.39, 0.29) is 11.8 Å². The number of halogens is 1. The molecule has 0 unspecified atom stereocenters. The number of rotatable bonds is 3. The predicted octanol–water partition coefficient (Wildman–Crippen LogP) is 4.47. The second-order valence-corrected chi connectivity index (χ2v) is 7.35. The van der Waals surface area contributed by atoms with Crippen LogP contribution in [0.25, 0.3) is 10.2 Å². The number of hydrogen-bond acceptors (Lipinski definition) is 4. The lowest BCUT2D eigenvalue weighted by Crippen LogP contribution is -2.13. The van der Waals surface area contributed by atoms with Gasteiger partial charge in [-0.3, -0.25) is 9.89 Å². The number of thiazole rings is 1. The summed E-state index contributed by atoms with van der Waals surface area (Å²) in [6.07, 6.45) is 0. The highest BCUT2D eigenvalue weighted by atomic mass is 79.9. The van der Waals surface area contributed by atoms with Crippen LogP contribution in [0.2, 0.25) is 0 Å². The van der Waals surface area contributed by atoms with E-state index in [0.717, 1.165) is 31.1 Å². The van der Waals surface area contributed by atoms with Gasteiger partial charge in [-0.25, -0.2) is 4.98 Å². The van der Waals surface area contributed by atoms with Crippen LogP contribution in [0.15, 0.2) is 22.7 Å². The first kappa shape index (κ1) is 15.2. The molecule has 1 amide bonds. The zero-order valence-electron chi connectivity index (χ0n) is 12.4. The number of nitrogens with one attached hydrogen (secondary N) is 2. The van der Waals surface area contributed by atoms with Gasteiger partial charge in [0, 0.05) is 5.69 Å². The average Bonchev–Trinajstić information content (AvgIpc) is 3.00. The maximum atomic E-state index is 12.4. The van der Waals surface area contributed by atoms with Crippen LogP contribution in [0.4, 0.5) is 5.69 Å². The van der Waals surface area contributed by atoms with E-state index in [1.807, 2.05) is 39.0 Å². The third kappa shape index (κ3) is 2.78. The van der Waals surface area contributed by atoms with Gasteiger partial charge in [0.25, 0.3) is 5.91 Å². The van der Waals surface area contributed by atoms with Gasteiger partial charge in [0.2, 0.25) is 0 Å². The van der Waals surface area contributed by atoms with Crippen LogP contribution in [-0.2, 0) is 0 Å². The molecule has 5 nitrogen and oxygen atoms in total. The Morgan fingerprint density at radius 2 is 2.18 bits per heavy atom. The Hall–Kier alpha value is -1.73. The van der Waals surface area contributed by atoms with E-state index < -0.39 is 0 Å². The van der Waals surface area contributed by atoms with Gasteiger partial charge in [-0.15, -0.1) is 11.3 Å². The molecule has 2 N–H and O–H groups in total. The molecular formula is C15H15BrN4OS. The van der Waals surface area contributed by atoms with Crippen LogP contribution in [0.5, 0.6) is 0 Å². The van der Waals surface area contributed by atoms with Gasteiger partial charge in [0.1, 0.15) is 0 Å². The maximum Gasteiger partial charge on any atom is 0.277 e. The molecular weight excluding hydrogens is 364 g/mol. The number of anilines is 1. The smallest absolute Gasteiger partial charge is 0.277 e. The second kappa shape index (κ2) is 5.81. The summed E-state index contributed by atoms with van der Waals surface area (Å²) in [5.74, 6) is 0.0237. The molecule has 0 fully saturated rings. The monoisotopic (exact) mass is 378 g/mol. The quantitative estimate of drug-likeness (QED) is 0.706. The summed E-state index contributed by atoms with van der Waals surface area (Å²) < 4.78 is 1.77. The van der Waals surface area contributed by atoms with Crippen LogP contribution in [0, 0.1) is 6.92 Å². The molecule has 114 valence electrons. The highest BCUT2D eigenvalue weighted by molar-refractivity contribution is 9.10. The van der Waals surface area contributed by atoms with E-state index in [2.05, 4.69) is 36.4 Å². The van der Waals surface area contributed by atoms with Crippen molar-refractivity contribution < 1.29 is 4.79 Å². The fraction of sp³-hybridized carbons (Fsp3) is 0.267. The van der Waals surface area contributed by atoms with Crippen molar-refractivity contribution in [3.63, 3.8) is 0 Å². The standard InChI is InChI=1S/C15H15BrN4OS/c1-7(2)13-12(16)14(20-19-13)15(21)18-9-4-5-10-11(6-9)22-8(3)17-10/h4-7H,1-3H3,(H,18,21)(H,19,20). The molecule has 22 heavy (non-hydrogen) atoms. The van der Waals surface area contributed by atoms with Gasteiger partial charge in [0.15, 0.2) is 5.69 Å². The fourth-order valence-corrected chi connectivity index (χ4v) is 3.86. The van der Waals surface area contributed by atoms with E-state index in [1.165, 1.54) is 0 Å². The van der Waals surface area contributed by atoms with E-state index in [4.69, 9.17) is 0 Å². The first-order valence-corrected chi connectivity index (χ1v) is 8.49. The lowest BCUT2D eigenvalue weighted by Gasteiger charge is -2.04. The van der Waals surface area contributed by atoms with Crippen molar-refractivity contribution >= 4 is 49.1 Å². The van der Waals surface area contributed by atoms with Crippen LogP contribution < -0.4 is 5.32 Å². The molecule has 3 rings (SSSR count). The third-order valence-corrected chi connectivity index (χ3v) is 5.01. The Balaban J connectivity index is 1.86. The minimum absolute atomic E-state index is 0.240. The molecule has 0 aliphatic rings. The summed E-state index contributed by atoms with van der Waals surface area (Å²) in [5.41, 5.74) is 2.97. The van der Waals surface area contributed by atoms with Crippen LogP contribution in [0.1, 0.15) is 41.0 Å². The molecule has 3 aromatic rings. The van der Waals surface area contributed by atoms with Gasteiger partial charge in [-0.2, -0.15) is 5.10 Å².